The van der Waals surface area contributed by atoms with E-state index in [4.69, 9.17) is 10.2 Å². The Morgan fingerprint density at radius 1 is 1.33 bits per heavy atom. The van der Waals surface area contributed by atoms with Crippen LogP contribution in [0.1, 0.15) is 5.69 Å². The maximum atomic E-state index is 11.7. The summed E-state index contributed by atoms with van der Waals surface area (Å²) in [7, 11) is 0. The van der Waals surface area contributed by atoms with Gasteiger partial charge >= 0.3 is 0 Å². The topological polar surface area (TPSA) is 91.0 Å². The molecule has 0 atom stereocenters. The van der Waals surface area contributed by atoms with Crippen LogP contribution in [0, 0.1) is 0 Å². The molecule has 2 rings (SSSR count). The van der Waals surface area contributed by atoms with Crippen molar-refractivity contribution in [2.75, 3.05) is 26.3 Å². The van der Waals surface area contributed by atoms with Gasteiger partial charge in [-0.25, -0.2) is 4.98 Å². The Bertz CT molecular complexity index is 561. The molecule has 0 aliphatic carbocycles. The van der Waals surface area contributed by atoms with Crippen LogP contribution in [0.3, 0.4) is 0 Å². The van der Waals surface area contributed by atoms with Crippen LogP contribution in [0.2, 0.25) is 0 Å². The SMILES string of the molecule is O=c1cc(CN(CCO)CCO)nc2scnn12. The molecule has 0 unspecified atom stereocenters. The fourth-order valence-electron chi connectivity index (χ4n) is 1.66. The first-order chi connectivity index (χ1) is 8.74. The van der Waals surface area contributed by atoms with Gasteiger partial charge in [-0.15, -0.1) is 0 Å². The number of aliphatic hydroxyl groups is 2. The highest BCUT2D eigenvalue weighted by molar-refractivity contribution is 7.14. The Balaban J connectivity index is 2.21. The second kappa shape index (κ2) is 6.01. The molecule has 0 aliphatic rings. The fourth-order valence-corrected chi connectivity index (χ4v) is 2.31. The van der Waals surface area contributed by atoms with E-state index in [0.29, 0.717) is 30.3 Å². The van der Waals surface area contributed by atoms with E-state index in [2.05, 4.69) is 10.1 Å². The zero-order valence-electron chi connectivity index (χ0n) is 9.69. The molecule has 0 saturated heterocycles. The molecule has 0 radical (unpaired) electrons. The summed E-state index contributed by atoms with van der Waals surface area (Å²) < 4.78 is 1.25. The number of hydrogen-bond acceptors (Lipinski definition) is 7. The molecule has 0 bridgehead atoms. The smallest absolute Gasteiger partial charge is 0.275 e. The molecule has 0 aromatic carbocycles. The second-order valence-electron chi connectivity index (χ2n) is 3.74. The van der Waals surface area contributed by atoms with Crippen molar-refractivity contribution in [2.45, 2.75) is 6.54 Å². The average Bonchev–Trinajstić information content (AvgIpc) is 2.78. The van der Waals surface area contributed by atoms with Crippen LogP contribution in [-0.4, -0.2) is 56.0 Å². The number of nitrogens with zero attached hydrogens (tertiary/aromatic N) is 4. The highest BCUT2D eigenvalue weighted by Gasteiger charge is 2.09. The van der Waals surface area contributed by atoms with Crippen LogP contribution < -0.4 is 5.56 Å². The molecule has 0 aliphatic heterocycles. The second-order valence-corrected chi connectivity index (χ2v) is 4.55. The molecule has 2 aromatic rings. The summed E-state index contributed by atoms with van der Waals surface area (Å²) in [6.45, 7) is 1.29. The van der Waals surface area contributed by atoms with Crippen molar-refractivity contribution >= 4 is 16.3 Å². The van der Waals surface area contributed by atoms with Crippen molar-refractivity contribution < 1.29 is 10.2 Å². The summed E-state index contributed by atoms with van der Waals surface area (Å²) >= 11 is 1.29. The minimum atomic E-state index is -0.218. The molecule has 0 fully saturated rings. The minimum absolute atomic E-state index is 0.00177. The molecule has 2 heterocycles. The summed E-state index contributed by atoms with van der Waals surface area (Å²) in [6.07, 6.45) is 0. The van der Waals surface area contributed by atoms with Gasteiger partial charge in [-0.3, -0.25) is 9.69 Å². The van der Waals surface area contributed by atoms with Gasteiger partial charge < -0.3 is 10.2 Å². The van der Waals surface area contributed by atoms with Crippen molar-refractivity contribution in [3.8, 4) is 0 Å². The third kappa shape index (κ3) is 2.91. The van der Waals surface area contributed by atoms with Gasteiger partial charge in [0.15, 0.2) is 0 Å². The monoisotopic (exact) mass is 270 g/mol. The molecule has 0 amide bonds. The van der Waals surface area contributed by atoms with Crippen molar-refractivity contribution in [3.05, 3.63) is 27.6 Å². The number of aromatic nitrogens is 3. The van der Waals surface area contributed by atoms with Crippen LogP contribution >= 0.6 is 11.3 Å². The quantitative estimate of drug-likeness (QED) is 0.695. The van der Waals surface area contributed by atoms with Crippen LogP contribution in [0.25, 0.3) is 4.96 Å². The molecule has 18 heavy (non-hydrogen) atoms. The first-order valence-corrected chi connectivity index (χ1v) is 6.39. The average molecular weight is 270 g/mol. The van der Waals surface area contributed by atoms with Gasteiger partial charge in [-0.05, 0) is 0 Å². The first-order valence-electron chi connectivity index (χ1n) is 5.51. The lowest BCUT2D eigenvalue weighted by atomic mass is 10.3. The maximum Gasteiger partial charge on any atom is 0.275 e. The minimum Gasteiger partial charge on any atom is -0.395 e. The zero-order valence-corrected chi connectivity index (χ0v) is 10.5. The summed E-state index contributed by atoms with van der Waals surface area (Å²) in [4.78, 5) is 18.4. The van der Waals surface area contributed by atoms with E-state index in [1.54, 1.807) is 5.51 Å². The van der Waals surface area contributed by atoms with Crippen molar-refractivity contribution in [3.63, 3.8) is 0 Å². The Kier molecular flexibility index (Phi) is 4.37. The third-order valence-corrected chi connectivity index (χ3v) is 3.13. The number of aliphatic hydroxyl groups excluding tert-OH is 2. The molecular formula is C10H14N4O3S. The van der Waals surface area contributed by atoms with Gasteiger partial charge in [0.1, 0.15) is 5.51 Å². The van der Waals surface area contributed by atoms with Crippen molar-refractivity contribution in [1.29, 1.82) is 0 Å². The van der Waals surface area contributed by atoms with Crippen LogP contribution in [0.15, 0.2) is 16.4 Å². The van der Waals surface area contributed by atoms with E-state index >= 15 is 0 Å². The third-order valence-electron chi connectivity index (χ3n) is 2.46. The highest BCUT2D eigenvalue weighted by atomic mass is 32.1. The number of rotatable bonds is 6. The molecule has 7 nitrogen and oxygen atoms in total. The van der Waals surface area contributed by atoms with Gasteiger partial charge in [0.2, 0.25) is 4.96 Å². The van der Waals surface area contributed by atoms with E-state index in [0.717, 1.165) is 0 Å². The van der Waals surface area contributed by atoms with Gasteiger partial charge in [0.25, 0.3) is 5.56 Å². The Morgan fingerprint density at radius 2 is 2.06 bits per heavy atom. The molecular weight excluding hydrogens is 256 g/mol. The van der Waals surface area contributed by atoms with E-state index in [1.807, 2.05) is 4.90 Å². The van der Waals surface area contributed by atoms with Gasteiger partial charge in [-0.2, -0.15) is 9.61 Å². The summed E-state index contributed by atoms with van der Waals surface area (Å²) in [5.74, 6) is 0. The Hall–Kier alpha value is -1.35. The number of hydrogen-bond donors (Lipinski definition) is 2. The zero-order chi connectivity index (χ0) is 13.0. The summed E-state index contributed by atoms with van der Waals surface area (Å²) in [5.41, 5.74) is 1.96. The largest absolute Gasteiger partial charge is 0.395 e. The van der Waals surface area contributed by atoms with Gasteiger partial charge in [0, 0.05) is 25.7 Å². The van der Waals surface area contributed by atoms with Crippen LogP contribution in [0.4, 0.5) is 0 Å². The first kappa shape index (κ1) is 13.1. The van der Waals surface area contributed by atoms with Crippen molar-refractivity contribution in [2.24, 2.45) is 0 Å². The predicted octanol–water partition coefficient (Wildman–Crippen LogP) is -1.06. The maximum absolute atomic E-state index is 11.7. The molecule has 98 valence electrons. The number of fused-ring (bicyclic) bond motifs is 1. The molecule has 2 N–H and O–H groups in total. The van der Waals surface area contributed by atoms with Crippen LogP contribution in [-0.2, 0) is 6.54 Å². The lowest BCUT2D eigenvalue weighted by Gasteiger charge is -2.19. The predicted molar refractivity (Wildman–Crippen MR) is 66.6 cm³/mol. The molecule has 0 spiro atoms. The van der Waals surface area contributed by atoms with Crippen LogP contribution in [0.5, 0.6) is 0 Å². The molecule has 2 aromatic heterocycles. The van der Waals surface area contributed by atoms with E-state index < -0.39 is 0 Å². The van der Waals surface area contributed by atoms with E-state index in [1.165, 1.54) is 21.9 Å². The lowest BCUT2D eigenvalue weighted by Crippen LogP contribution is -2.30. The van der Waals surface area contributed by atoms with Gasteiger partial charge in [0.05, 0.1) is 18.9 Å². The van der Waals surface area contributed by atoms with Crippen molar-refractivity contribution in [1.82, 2.24) is 19.5 Å². The lowest BCUT2D eigenvalue weighted by molar-refractivity contribution is 0.154. The Morgan fingerprint density at radius 3 is 2.72 bits per heavy atom. The summed E-state index contributed by atoms with van der Waals surface area (Å²) in [5, 5.41) is 21.7. The highest BCUT2D eigenvalue weighted by Crippen LogP contribution is 2.06. The van der Waals surface area contributed by atoms with E-state index in [-0.39, 0.29) is 18.8 Å². The molecule has 8 heteroatoms. The fraction of sp³-hybridized carbons (Fsp3) is 0.500. The van der Waals surface area contributed by atoms with Gasteiger partial charge in [-0.1, -0.05) is 11.3 Å². The standard InChI is InChI=1S/C10H14N4O3S/c15-3-1-13(2-4-16)6-8-5-9(17)14-10(12-8)18-7-11-14/h5,7,15-16H,1-4,6H2. The molecule has 0 saturated carbocycles. The Labute approximate surface area is 107 Å². The van der Waals surface area contributed by atoms with E-state index in [9.17, 15) is 4.79 Å². The summed E-state index contributed by atoms with van der Waals surface area (Å²) in [6, 6.07) is 1.43. The normalized spacial score (nSPS) is 11.5.